The first-order valence-electron chi connectivity index (χ1n) is 10.1. The first-order valence-corrected chi connectivity index (χ1v) is 11.8. The Hall–Kier alpha value is -2.07. The van der Waals surface area contributed by atoms with E-state index in [0.29, 0.717) is 16.9 Å². The normalized spacial score (nSPS) is 16.0. The molecule has 1 saturated carbocycles. The Morgan fingerprint density at radius 3 is 2.97 bits per heavy atom. The third-order valence-corrected chi connectivity index (χ3v) is 6.98. The van der Waals surface area contributed by atoms with Gasteiger partial charge in [-0.3, -0.25) is 4.79 Å². The predicted octanol–water partition coefficient (Wildman–Crippen LogP) is 5.42. The number of benzene rings is 1. The zero-order valence-corrected chi connectivity index (χ0v) is 18.5. The Balaban J connectivity index is 1.65. The number of fused-ring (bicyclic) bond motifs is 1. The van der Waals surface area contributed by atoms with E-state index in [4.69, 9.17) is 10.1 Å². The van der Waals surface area contributed by atoms with E-state index in [2.05, 4.69) is 15.2 Å². The van der Waals surface area contributed by atoms with Gasteiger partial charge in [-0.25, -0.2) is 9.87 Å². The molecule has 4 rings (SSSR count). The van der Waals surface area contributed by atoms with Gasteiger partial charge in [-0.2, -0.15) is 4.33 Å². The maximum absolute atomic E-state index is 13.3. The van der Waals surface area contributed by atoms with Crippen molar-refractivity contribution in [3.63, 3.8) is 0 Å². The lowest BCUT2D eigenvalue weighted by Crippen LogP contribution is -2.29. The van der Waals surface area contributed by atoms with Crippen LogP contribution in [0.25, 0.3) is 10.8 Å². The predicted molar refractivity (Wildman–Crippen MR) is 121 cm³/mol. The molecule has 0 aliphatic heterocycles. The van der Waals surface area contributed by atoms with Gasteiger partial charge < -0.3 is 15.6 Å². The van der Waals surface area contributed by atoms with Crippen LogP contribution in [0.3, 0.4) is 0 Å². The first-order chi connectivity index (χ1) is 14.7. The van der Waals surface area contributed by atoms with Gasteiger partial charge in [-0.15, -0.1) is 11.3 Å². The van der Waals surface area contributed by atoms with E-state index in [0.717, 1.165) is 47.0 Å². The topological polar surface area (TPSA) is 91.4 Å². The molecule has 0 radical (unpaired) electrons. The highest BCUT2D eigenvalue weighted by Crippen LogP contribution is 2.36. The van der Waals surface area contributed by atoms with Crippen LogP contribution in [-0.4, -0.2) is 22.6 Å². The standard InChI is InChI=1S/C21H26N4O3S2/c1-27-28-30-16-8-7-15-13-25(19(22)17(15)12-16)18(11-14-5-3-2-4-6-14)20(26)24-21-23-9-10-29-21/h7-10,12-14,18H,2-6,11,22H2,1H3,(H,23,24,26). The van der Waals surface area contributed by atoms with Crippen molar-refractivity contribution < 1.29 is 14.0 Å². The number of nitrogens with zero attached hydrogens (tertiary/aromatic N) is 2. The van der Waals surface area contributed by atoms with Crippen molar-refractivity contribution in [3.05, 3.63) is 36.0 Å². The summed E-state index contributed by atoms with van der Waals surface area (Å²) >= 11 is 2.54. The van der Waals surface area contributed by atoms with E-state index in [9.17, 15) is 4.79 Å². The Labute approximate surface area is 184 Å². The summed E-state index contributed by atoms with van der Waals surface area (Å²) in [4.78, 5) is 23.0. The van der Waals surface area contributed by atoms with Gasteiger partial charge in [0, 0.05) is 33.4 Å². The largest absolute Gasteiger partial charge is 0.385 e. The number of anilines is 2. The third kappa shape index (κ3) is 4.80. The third-order valence-electron chi connectivity index (χ3n) is 5.64. The molecule has 0 bridgehead atoms. The molecule has 3 N–H and O–H groups in total. The molecule has 0 saturated heterocycles. The summed E-state index contributed by atoms with van der Waals surface area (Å²) in [7, 11) is 1.47. The van der Waals surface area contributed by atoms with Crippen molar-refractivity contribution in [2.45, 2.75) is 49.5 Å². The Morgan fingerprint density at radius 2 is 2.23 bits per heavy atom. The fourth-order valence-corrected chi connectivity index (χ4v) is 5.14. The molecule has 1 aliphatic carbocycles. The second-order valence-corrected chi connectivity index (χ2v) is 9.24. The number of rotatable bonds is 8. The summed E-state index contributed by atoms with van der Waals surface area (Å²) in [6, 6.07) is 5.51. The second kappa shape index (κ2) is 9.82. The van der Waals surface area contributed by atoms with Crippen LogP contribution in [0, 0.1) is 5.92 Å². The summed E-state index contributed by atoms with van der Waals surface area (Å²) < 4.78 is 6.88. The SMILES string of the molecule is COOSc1ccc2cn(C(CC3CCCCC3)C(=O)Nc3nccs3)c(N)c2c1. The van der Waals surface area contributed by atoms with Gasteiger partial charge in [0.2, 0.25) is 5.91 Å². The maximum Gasteiger partial charge on any atom is 0.249 e. The lowest BCUT2D eigenvalue weighted by Gasteiger charge is -2.27. The van der Waals surface area contributed by atoms with Gasteiger partial charge in [0.25, 0.3) is 0 Å². The molecule has 2 heterocycles. The van der Waals surface area contributed by atoms with E-state index in [1.807, 2.05) is 34.3 Å². The smallest absolute Gasteiger partial charge is 0.249 e. The van der Waals surface area contributed by atoms with Crippen molar-refractivity contribution in [2.24, 2.45) is 5.92 Å². The number of nitrogens with two attached hydrogens (primary N) is 1. The zero-order chi connectivity index (χ0) is 20.9. The van der Waals surface area contributed by atoms with Gasteiger partial charge in [0.1, 0.15) is 11.9 Å². The Morgan fingerprint density at radius 1 is 1.40 bits per heavy atom. The number of hydrogen-bond donors (Lipinski definition) is 2. The average molecular weight is 447 g/mol. The number of hydrogen-bond acceptors (Lipinski definition) is 7. The van der Waals surface area contributed by atoms with E-state index in [1.165, 1.54) is 37.7 Å². The highest BCUT2D eigenvalue weighted by atomic mass is 32.2. The number of amides is 1. The molecule has 1 unspecified atom stereocenters. The van der Waals surface area contributed by atoms with Gasteiger partial charge in [0.05, 0.1) is 19.2 Å². The maximum atomic E-state index is 13.3. The molecule has 9 heteroatoms. The quantitative estimate of drug-likeness (QED) is 0.273. The number of aromatic nitrogens is 2. The van der Waals surface area contributed by atoms with E-state index in [-0.39, 0.29) is 11.9 Å². The van der Waals surface area contributed by atoms with Crippen molar-refractivity contribution in [1.82, 2.24) is 9.55 Å². The number of thiazole rings is 1. The van der Waals surface area contributed by atoms with Crippen molar-refractivity contribution in [1.29, 1.82) is 0 Å². The van der Waals surface area contributed by atoms with Gasteiger partial charge in [-0.1, -0.05) is 38.2 Å². The number of nitrogen functional groups attached to an aromatic ring is 1. The average Bonchev–Trinajstić information content (AvgIpc) is 3.39. The molecule has 3 aromatic rings. The van der Waals surface area contributed by atoms with E-state index in [1.54, 1.807) is 6.20 Å². The molecule has 1 amide bonds. The summed E-state index contributed by atoms with van der Waals surface area (Å²) in [6.45, 7) is 0. The molecule has 160 valence electrons. The number of carbonyl (C=O) groups is 1. The summed E-state index contributed by atoms with van der Waals surface area (Å²) in [5.41, 5.74) is 6.54. The molecular weight excluding hydrogens is 420 g/mol. The van der Waals surface area contributed by atoms with Crippen LogP contribution >= 0.6 is 23.4 Å². The molecule has 1 aliphatic rings. The minimum Gasteiger partial charge on any atom is -0.385 e. The highest BCUT2D eigenvalue weighted by molar-refractivity contribution is 7.94. The van der Waals surface area contributed by atoms with Crippen LogP contribution in [0.5, 0.6) is 0 Å². The minimum atomic E-state index is -0.379. The zero-order valence-electron chi connectivity index (χ0n) is 16.9. The lowest BCUT2D eigenvalue weighted by molar-refractivity contribution is -0.160. The van der Waals surface area contributed by atoms with Crippen LogP contribution in [0.1, 0.15) is 44.6 Å². The molecule has 0 spiro atoms. The van der Waals surface area contributed by atoms with Crippen molar-refractivity contribution >= 4 is 51.0 Å². The molecule has 1 fully saturated rings. The fourth-order valence-electron chi connectivity index (χ4n) is 4.17. The summed E-state index contributed by atoms with van der Waals surface area (Å²) in [6.07, 6.45) is 10.5. The van der Waals surface area contributed by atoms with E-state index >= 15 is 0 Å². The van der Waals surface area contributed by atoms with Gasteiger partial charge in [0.15, 0.2) is 5.13 Å². The molecule has 1 atom stereocenters. The van der Waals surface area contributed by atoms with Gasteiger partial charge >= 0.3 is 0 Å². The number of carbonyl (C=O) groups excluding carboxylic acids is 1. The van der Waals surface area contributed by atoms with Crippen LogP contribution in [0.2, 0.25) is 0 Å². The first kappa shape index (κ1) is 21.2. The summed E-state index contributed by atoms with van der Waals surface area (Å²) in [5.74, 6) is 1.04. The monoisotopic (exact) mass is 446 g/mol. The molecular formula is C21H26N4O3S2. The number of nitrogens with one attached hydrogen (secondary N) is 1. The van der Waals surface area contributed by atoms with Crippen LogP contribution in [-0.2, 0) is 14.0 Å². The minimum absolute atomic E-state index is 0.0696. The van der Waals surface area contributed by atoms with Crippen LogP contribution in [0.4, 0.5) is 10.9 Å². The van der Waals surface area contributed by atoms with Crippen LogP contribution < -0.4 is 11.1 Å². The molecule has 1 aromatic carbocycles. The lowest BCUT2D eigenvalue weighted by atomic mass is 9.84. The van der Waals surface area contributed by atoms with E-state index < -0.39 is 0 Å². The van der Waals surface area contributed by atoms with Gasteiger partial charge in [-0.05, 0) is 24.5 Å². The molecule has 30 heavy (non-hydrogen) atoms. The second-order valence-electron chi connectivity index (χ2n) is 7.57. The Bertz CT molecular complexity index is 984. The summed E-state index contributed by atoms with van der Waals surface area (Å²) in [5, 5.41) is 7.32. The molecule has 2 aromatic heterocycles. The fraction of sp³-hybridized carbons (Fsp3) is 0.429. The molecule has 7 nitrogen and oxygen atoms in total. The Kier molecular flexibility index (Phi) is 6.93. The highest BCUT2D eigenvalue weighted by Gasteiger charge is 2.28. The van der Waals surface area contributed by atoms with Crippen molar-refractivity contribution in [2.75, 3.05) is 18.2 Å². The van der Waals surface area contributed by atoms with Crippen LogP contribution in [0.15, 0.2) is 40.9 Å². The van der Waals surface area contributed by atoms with Crippen molar-refractivity contribution in [3.8, 4) is 0 Å².